The van der Waals surface area contributed by atoms with Gasteiger partial charge in [-0.1, -0.05) is 24.3 Å². The van der Waals surface area contributed by atoms with Crippen LogP contribution < -0.4 is 5.43 Å². The lowest BCUT2D eigenvalue weighted by Gasteiger charge is -2.26. The summed E-state index contributed by atoms with van der Waals surface area (Å²) >= 11 is 1.65. The van der Waals surface area contributed by atoms with E-state index < -0.39 is 0 Å². The van der Waals surface area contributed by atoms with Crippen molar-refractivity contribution >= 4 is 23.6 Å². The molecule has 0 radical (unpaired) electrons. The molecular weight excluding hydrogens is 260 g/mol. The Morgan fingerprint density at radius 1 is 1.32 bits per heavy atom. The van der Waals surface area contributed by atoms with Crippen LogP contribution in [0.25, 0.3) is 0 Å². The van der Waals surface area contributed by atoms with Crippen molar-refractivity contribution in [2.24, 2.45) is 0 Å². The normalized spacial score (nSPS) is 22.2. The molecule has 0 unspecified atom stereocenters. The molecule has 0 saturated carbocycles. The van der Waals surface area contributed by atoms with Gasteiger partial charge in [-0.05, 0) is 29.7 Å². The highest BCUT2D eigenvalue weighted by molar-refractivity contribution is 8.00. The molecule has 1 saturated heterocycles. The molecule has 5 heteroatoms. The Balaban J connectivity index is 1.76. The Hall–Kier alpha value is -1.49. The zero-order valence-electron chi connectivity index (χ0n) is 10.6. The van der Waals surface area contributed by atoms with Crippen LogP contribution in [-0.2, 0) is 16.0 Å². The number of carbonyl (C=O) groups is 2. The van der Waals surface area contributed by atoms with Crippen molar-refractivity contribution in [3.05, 3.63) is 35.4 Å². The average molecular weight is 276 g/mol. The van der Waals surface area contributed by atoms with Crippen LogP contribution in [0.5, 0.6) is 0 Å². The third kappa shape index (κ3) is 2.47. The van der Waals surface area contributed by atoms with Crippen molar-refractivity contribution < 1.29 is 9.59 Å². The van der Waals surface area contributed by atoms with Gasteiger partial charge in [-0.2, -0.15) is 0 Å². The van der Waals surface area contributed by atoms with E-state index in [1.807, 2.05) is 18.2 Å². The van der Waals surface area contributed by atoms with Gasteiger partial charge in [-0.25, -0.2) is 0 Å². The maximum atomic E-state index is 12.3. The van der Waals surface area contributed by atoms with Gasteiger partial charge >= 0.3 is 0 Å². The number of aryl methyl sites for hydroxylation is 1. The van der Waals surface area contributed by atoms with Crippen molar-refractivity contribution in [3.8, 4) is 0 Å². The van der Waals surface area contributed by atoms with E-state index in [9.17, 15) is 9.59 Å². The molecule has 3 rings (SSSR count). The highest BCUT2D eigenvalue weighted by atomic mass is 32.2. The summed E-state index contributed by atoms with van der Waals surface area (Å²) in [5.41, 5.74) is 5.09. The second-order valence-electron chi connectivity index (χ2n) is 4.82. The maximum absolute atomic E-state index is 12.3. The molecule has 2 aliphatic rings. The van der Waals surface area contributed by atoms with Crippen molar-refractivity contribution in [3.63, 3.8) is 0 Å². The van der Waals surface area contributed by atoms with Gasteiger partial charge in [0.2, 0.25) is 5.91 Å². The average Bonchev–Trinajstić information content (AvgIpc) is 2.83. The number of nitrogens with zero attached hydrogens (tertiary/aromatic N) is 1. The van der Waals surface area contributed by atoms with Crippen molar-refractivity contribution in [1.29, 1.82) is 0 Å². The molecule has 1 fully saturated rings. The molecule has 2 aliphatic heterocycles. The lowest BCUT2D eigenvalue weighted by Crippen LogP contribution is -2.45. The van der Waals surface area contributed by atoms with E-state index >= 15 is 0 Å². The molecular formula is C14H16N2O2S. The summed E-state index contributed by atoms with van der Waals surface area (Å²) in [6.07, 6.45) is 2.37. The summed E-state index contributed by atoms with van der Waals surface area (Å²) in [4.78, 5) is 23.9. The largest absolute Gasteiger partial charge is 0.273 e. The highest BCUT2D eigenvalue weighted by Crippen LogP contribution is 2.36. The molecule has 0 spiro atoms. The van der Waals surface area contributed by atoms with E-state index in [-0.39, 0.29) is 17.1 Å². The van der Waals surface area contributed by atoms with E-state index in [4.69, 9.17) is 0 Å². The van der Waals surface area contributed by atoms with Crippen LogP contribution in [0.3, 0.4) is 0 Å². The number of hydrogen-bond acceptors (Lipinski definition) is 3. The van der Waals surface area contributed by atoms with E-state index in [1.165, 1.54) is 10.6 Å². The Labute approximate surface area is 116 Å². The number of rotatable bonds is 2. The molecule has 2 amide bonds. The van der Waals surface area contributed by atoms with Gasteiger partial charge in [0.15, 0.2) is 0 Å². The van der Waals surface area contributed by atoms with Crippen LogP contribution in [0.2, 0.25) is 0 Å². The van der Waals surface area contributed by atoms with Gasteiger partial charge in [0.25, 0.3) is 5.91 Å². The minimum absolute atomic E-state index is 0.0162. The topological polar surface area (TPSA) is 49.4 Å². The first-order valence-electron chi connectivity index (χ1n) is 6.56. The van der Waals surface area contributed by atoms with E-state index in [1.54, 1.807) is 11.8 Å². The fourth-order valence-electron chi connectivity index (χ4n) is 2.57. The predicted molar refractivity (Wildman–Crippen MR) is 74.4 cm³/mol. The zero-order valence-corrected chi connectivity index (χ0v) is 11.4. The number of benzene rings is 1. The lowest BCUT2D eigenvalue weighted by molar-refractivity contribution is -0.137. The number of hydrogen-bond donors (Lipinski definition) is 1. The molecule has 1 aromatic rings. The van der Waals surface area contributed by atoms with Crippen LogP contribution in [0.1, 0.15) is 29.2 Å². The molecule has 2 heterocycles. The fourth-order valence-corrected chi connectivity index (χ4v) is 3.76. The number of nitrogens with one attached hydrogen (secondary N) is 1. The van der Waals surface area contributed by atoms with Crippen LogP contribution in [-0.4, -0.2) is 29.1 Å². The molecule has 4 nitrogen and oxygen atoms in total. The molecule has 19 heavy (non-hydrogen) atoms. The van der Waals surface area contributed by atoms with Crippen LogP contribution in [0, 0.1) is 0 Å². The van der Waals surface area contributed by atoms with E-state index in [2.05, 4.69) is 11.5 Å². The van der Waals surface area contributed by atoms with Crippen molar-refractivity contribution in [2.75, 3.05) is 12.3 Å². The van der Waals surface area contributed by atoms with Gasteiger partial charge in [-0.15, -0.1) is 11.8 Å². The first-order chi connectivity index (χ1) is 9.25. The fraction of sp³-hybridized carbons (Fsp3) is 0.429. The minimum Gasteiger partial charge on any atom is -0.273 e. The number of fused-ring (bicyclic) bond motifs is 1. The summed E-state index contributed by atoms with van der Waals surface area (Å²) in [6.45, 7) is 0.629. The molecule has 100 valence electrons. The first-order valence-corrected chi connectivity index (χ1v) is 7.61. The zero-order chi connectivity index (χ0) is 13.2. The van der Waals surface area contributed by atoms with Crippen LogP contribution in [0.15, 0.2) is 24.3 Å². The monoisotopic (exact) mass is 276 g/mol. The van der Waals surface area contributed by atoms with Crippen LogP contribution in [0.4, 0.5) is 0 Å². The molecule has 1 atom stereocenters. The SMILES string of the molecule is O=C(NN1CCCC1=O)[C@H]1SCCc2ccccc21. The second kappa shape index (κ2) is 5.25. The van der Waals surface area contributed by atoms with Gasteiger partial charge in [0.1, 0.15) is 5.25 Å². The van der Waals surface area contributed by atoms with Crippen LogP contribution >= 0.6 is 11.8 Å². The molecule has 0 bridgehead atoms. The molecule has 0 aliphatic carbocycles. The standard InChI is InChI=1S/C14H16N2O2S/c17-12-6-3-8-16(12)15-14(18)13-11-5-2-1-4-10(11)7-9-19-13/h1-2,4-5,13H,3,6-9H2,(H,15,18)/t13-/m0/s1. The first kappa shape index (κ1) is 12.5. The van der Waals surface area contributed by atoms with Gasteiger partial charge in [0, 0.05) is 13.0 Å². The third-order valence-corrected chi connectivity index (χ3v) is 4.79. The third-order valence-electron chi connectivity index (χ3n) is 3.55. The number of carbonyl (C=O) groups excluding carboxylic acids is 2. The summed E-state index contributed by atoms with van der Waals surface area (Å²) in [5, 5.41) is 1.26. The summed E-state index contributed by atoms with van der Waals surface area (Å²) < 4.78 is 0. The summed E-state index contributed by atoms with van der Waals surface area (Å²) in [6, 6.07) is 8.06. The molecule has 1 aromatic carbocycles. The Kier molecular flexibility index (Phi) is 3.46. The predicted octanol–water partition coefficient (Wildman–Crippen LogP) is 1.67. The Morgan fingerprint density at radius 2 is 2.16 bits per heavy atom. The number of amides is 2. The van der Waals surface area contributed by atoms with E-state index in [0.29, 0.717) is 13.0 Å². The lowest BCUT2D eigenvalue weighted by atomic mass is 10.0. The number of hydrazine groups is 1. The quantitative estimate of drug-likeness (QED) is 0.894. The van der Waals surface area contributed by atoms with Crippen molar-refractivity contribution in [2.45, 2.75) is 24.5 Å². The minimum atomic E-state index is -0.196. The van der Waals surface area contributed by atoms with Crippen molar-refractivity contribution in [1.82, 2.24) is 10.4 Å². The highest BCUT2D eigenvalue weighted by Gasteiger charge is 2.30. The molecule has 1 N–H and O–H groups in total. The summed E-state index contributed by atoms with van der Waals surface area (Å²) in [7, 11) is 0. The summed E-state index contributed by atoms with van der Waals surface area (Å²) in [5.74, 6) is 0.887. The molecule has 0 aromatic heterocycles. The maximum Gasteiger partial charge on any atom is 0.256 e. The smallest absolute Gasteiger partial charge is 0.256 e. The van der Waals surface area contributed by atoms with Gasteiger partial charge in [0.05, 0.1) is 0 Å². The van der Waals surface area contributed by atoms with Gasteiger partial charge < -0.3 is 0 Å². The second-order valence-corrected chi connectivity index (χ2v) is 6.04. The van der Waals surface area contributed by atoms with E-state index in [0.717, 1.165) is 24.2 Å². The Bertz CT molecular complexity index is 518. The number of thioether (sulfide) groups is 1. The van der Waals surface area contributed by atoms with Gasteiger partial charge in [-0.3, -0.25) is 20.0 Å². The Morgan fingerprint density at radius 3 is 2.95 bits per heavy atom.